The molecule has 0 saturated heterocycles. The molecule has 1 heterocycles. The van der Waals surface area contributed by atoms with Crippen molar-refractivity contribution in [3.8, 4) is 17.0 Å². The minimum atomic E-state index is -1.19. The number of thioether (sulfide) groups is 1. The number of carbonyl (C=O) groups is 1. The van der Waals surface area contributed by atoms with E-state index in [9.17, 15) is 9.90 Å². The monoisotopic (exact) mass is 261 g/mol. The average molecular weight is 261 g/mol. The predicted octanol–water partition coefficient (Wildman–Crippen LogP) is 2.87. The van der Waals surface area contributed by atoms with E-state index < -0.39 is 11.8 Å². The highest BCUT2D eigenvalue weighted by Crippen LogP contribution is 2.25. The summed E-state index contributed by atoms with van der Waals surface area (Å²) < 4.78 is 0. The maximum absolute atomic E-state index is 10.9. The first-order chi connectivity index (χ1) is 8.61. The molecule has 0 fully saturated rings. The molecule has 2 rings (SSSR count). The Hall–Kier alpha value is -2.01. The number of benzene rings is 1. The largest absolute Gasteiger partial charge is 0.493 e. The normalized spacial score (nSPS) is 10.3. The Balaban J connectivity index is 2.44. The first-order valence-electron chi connectivity index (χ1n) is 5.18. The van der Waals surface area contributed by atoms with Crippen molar-refractivity contribution in [1.82, 2.24) is 4.98 Å². The molecule has 0 unspecified atom stereocenters. The van der Waals surface area contributed by atoms with Gasteiger partial charge in [0.2, 0.25) is 5.88 Å². The van der Waals surface area contributed by atoms with E-state index in [1.807, 2.05) is 30.5 Å². The van der Waals surface area contributed by atoms with Crippen LogP contribution in [0.4, 0.5) is 0 Å². The van der Waals surface area contributed by atoms with Gasteiger partial charge in [-0.1, -0.05) is 12.1 Å². The minimum Gasteiger partial charge on any atom is -0.493 e. The van der Waals surface area contributed by atoms with Gasteiger partial charge in [-0.25, -0.2) is 9.78 Å². The van der Waals surface area contributed by atoms with Crippen molar-refractivity contribution in [2.75, 3.05) is 6.26 Å². The smallest absolute Gasteiger partial charge is 0.341 e. The molecule has 2 aromatic rings. The fraction of sp³-hybridized carbons (Fsp3) is 0.0769. The summed E-state index contributed by atoms with van der Waals surface area (Å²) in [6.45, 7) is 0. The maximum atomic E-state index is 10.9. The molecule has 0 amide bonds. The third-order valence-electron chi connectivity index (χ3n) is 2.52. The second kappa shape index (κ2) is 5.10. The molecule has 92 valence electrons. The number of pyridine rings is 1. The zero-order valence-electron chi connectivity index (χ0n) is 9.62. The molecule has 4 nitrogen and oxygen atoms in total. The molecule has 0 aliphatic rings. The van der Waals surface area contributed by atoms with Gasteiger partial charge in [0.1, 0.15) is 5.56 Å². The van der Waals surface area contributed by atoms with E-state index >= 15 is 0 Å². The van der Waals surface area contributed by atoms with Crippen LogP contribution in [0.1, 0.15) is 10.4 Å². The summed E-state index contributed by atoms with van der Waals surface area (Å²) in [5.74, 6) is -1.66. The van der Waals surface area contributed by atoms with E-state index in [1.54, 1.807) is 11.8 Å². The molecule has 18 heavy (non-hydrogen) atoms. The van der Waals surface area contributed by atoms with E-state index in [2.05, 4.69) is 4.98 Å². The van der Waals surface area contributed by atoms with E-state index in [0.29, 0.717) is 5.56 Å². The van der Waals surface area contributed by atoms with Crippen molar-refractivity contribution in [1.29, 1.82) is 0 Å². The summed E-state index contributed by atoms with van der Waals surface area (Å²) in [7, 11) is 0. The molecule has 0 atom stereocenters. The molecule has 0 aliphatic carbocycles. The summed E-state index contributed by atoms with van der Waals surface area (Å²) >= 11 is 1.63. The molecule has 2 N–H and O–H groups in total. The van der Waals surface area contributed by atoms with Gasteiger partial charge in [0, 0.05) is 16.7 Å². The van der Waals surface area contributed by atoms with Crippen LogP contribution in [0.2, 0.25) is 0 Å². The zero-order chi connectivity index (χ0) is 13.1. The standard InChI is InChI=1S/C13H11NO3S/c1-18-10-4-2-8(3-5-10)9-6-11(13(16)17)12(15)14-7-9/h2-7H,1H3,(H,14,15)(H,16,17). The third-order valence-corrected chi connectivity index (χ3v) is 3.26. The van der Waals surface area contributed by atoms with Crippen LogP contribution in [-0.4, -0.2) is 27.4 Å². The second-order valence-corrected chi connectivity index (χ2v) is 4.51. The van der Waals surface area contributed by atoms with Crippen LogP contribution in [0.15, 0.2) is 41.4 Å². The SMILES string of the molecule is CSc1ccc(-c2cnc(O)c(C(=O)O)c2)cc1. The fourth-order valence-corrected chi connectivity index (χ4v) is 1.96. The molecule has 0 saturated carbocycles. The number of aromatic carboxylic acids is 1. The van der Waals surface area contributed by atoms with Crippen molar-refractivity contribution in [3.05, 3.63) is 42.1 Å². The lowest BCUT2D eigenvalue weighted by Gasteiger charge is -2.05. The Morgan fingerprint density at radius 2 is 1.89 bits per heavy atom. The number of carboxylic acids is 1. The van der Waals surface area contributed by atoms with Gasteiger partial charge in [0.15, 0.2) is 0 Å². The van der Waals surface area contributed by atoms with Crippen LogP contribution in [0.3, 0.4) is 0 Å². The highest BCUT2D eigenvalue weighted by Gasteiger charge is 2.12. The van der Waals surface area contributed by atoms with Gasteiger partial charge in [0.25, 0.3) is 0 Å². The first-order valence-corrected chi connectivity index (χ1v) is 6.41. The van der Waals surface area contributed by atoms with E-state index in [-0.39, 0.29) is 5.56 Å². The summed E-state index contributed by atoms with van der Waals surface area (Å²) in [6, 6.07) is 9.11. The molecule has 0 aliphatic heterocycles. The molecule has 0 bridgehead atoms. The van der Waals surface area contributed by atoms with Crippen LogP contribution in [0.25, 0.3) is 11.1 Å². The van der Waals surface area contributed by atoms with Gasteiger partial charge >= 0.3 is 5.97 Å². The number of nitrogens with zero attached hydrogens (tertiary/aromatic N) is 1. The highest BCUT2D eigenvalue weighted by molar-refractivity contribution is 7.98. The zero-order valence-corrected chi connectivity index (χ0v) is 10.4. The summed E-state index contributed by atoms with van der Waals surface area (Å²) in [6.07, 6.45) is 3.44. The fourth-order valence-electron chi connectivity index (χ4n) is 1.56. The Bertz CT molecular complexity index is 581. The summed E-state index contributed by atoms with van der Waals surface area (Å²) in [5, 5.41) is 18.3. The number of hydrogen-bond donors (Lipinski definition) is 2. The Labute approximate surface area is 108 Å². The van der Waals surface area contributed by atoms with Gasteiger partial charge in [0.05, 0.1) is 0 Å². The number of aromatic nitrogens is 1. The third kappa shape index (κ3) is 2.46. The van der Waals surface area contributed by atoms with Crippen LogP contribution in [0, 0.1) is 0 Å². The lowest BCUT2D eigenvalue weighted by atomic mass is 10.1. The van der Waals surface area contributed by atoms with Crippen LogP contribution < -0.4 is 0 Å². The van der Waals surface area contributed by atoms with Crippen molar-refractivity contribution in [2.45, 2.75) is 4.90 Å². The maximum Gasteiger partial charge on any atom is 0.341 e. The molecular formula is C13H11NO3S. The van der Waals surface area contributed by atoms with E-state index in [0.717, 1.165) is 10.5 Å². The number of carboxylic acid groups (broad SMARTS) is 1. The van der Waals surface area contributed by atoms with Gasteiger partial charge in [-0.15, -0.1) is 11.8 Å². The van der Waals surface area contributed by atoms with Crippen molar-refractivity contribution in [2.24, 2.45) is 0 Å². The molecule has 1 aromatic heterocycles. The highest BCUT2D eigenvalue weighted by atomic mass is 32.2. The lowest BCUT2D eigenvalue weighted by molar-refractivity contribution is 0.0693. The van der Waals surface area contributed by atoms with Gasteiger partial charge in [-0.2, -0.15) is 0 Å². The second-order valence-electron chi connectivity index (χ2n) is 3.63. The number of rotatable bonds is 3. The van der Waals surface area contributed by atoms with Crippen LogP contribution >= 0.6 is 11.8 Å². The Morgan fingerprint density at radius 1 is 1.22 bits per heavy atom. The van der Waals surface area contributed by atoms with Crippen molar-refractivity contribution >= 4 is 17.7 Å². The molecule has 0 spiro atoms. The first kappa shape index (κ1) is 12.4. The van der Waals surface area contributed by atoms with E-state index in [1.165, 1.54) is 12.3 Å². The van der Waals surface area contributed by atoms with Crippen LogP contribution in [0.5, 0.6) is 5.88 Å². The van der Waals surface area contributed by atoms with Crippen molar-refractivity contribution < 1.29 is 15.0 Å². The quantitative estimate of drug-likeness (QED) is 0.831. The van der Waals surface area contributed by atoms with E-state index in [4.69, 9.17) is 5.11 Å². The molecular weight excluding hydrogens is 250 g/mol. The molecule has 5 heteroatoms. The van der Waals surface area contributed by atoms with Gasteiger partial charge in [-0.05, 0) is 30.0 Å². The van der Waals surface area contributed by atoms with Crippen LogP contribution in [-0.2, 0) is 0 Å². The Morgan fingerprint density at radius 3 is 2.44 bits per heavy atom. The Kier molecular flexibility index (Phi) is 3.53. The minimum absolute atomic E-state index is 0.193. The number of aromatic hydroxyl groups is 1. The molecule has 0 radical (unpaired) electrons. The number of hydrogen-bond acceptors (Lipinski definition) is 4. The predicted molar refractivity (Wildman–Crippen MR) is 70.1 cm³/mol. The molecule has 1 aromatic carbocycles. The van der Waals surface area contributed by atoms with Gasteiger partial charge < -0.3 is 10.2 Å². The average Bonchev–Trinajstić information content (AvgIpc) is 2.39. The topological polar surface area (TPSA) is 70.4 Å². The van der Waals surface area contributed by atoms with Gasteiger partial charge in [-0.3, -0.25) is 0 Å². The summed E-state index contributed by atoms with van der Waals surface area (Å²) in [4.78, 5) is 15.7. The lowest BCUT2D eigenvalue weighted by Crippen LogP contribution is -1.98. The summed E-state index contributed by atoms with van der Waals surface area (Å²) in [5.41, 5.74) is 1.34. The van der Waals surface area contributed by atoms with Crippen molar-refractivity contribution in [3.63, 3.8) is 0 Å².